The number of rotatable bonds is 4. The van der Waals surface area contributed by atoms with Crippen molar-refractivity contribution in [1.82, 2.24) is 0 Å². The van der Waals surface area contributed by atoms with Crippen molar-refractivity contribution in [3.05, 3.63) is 59.4 Å². The van der Waals surface area contributed by atoms with Gasteiger partial charge in [-0.1, -0.05) is 17.7 Å². The van der Waals surface area contributed by atoms with Crippen LogP contribution in [0.5, 0.6) is 0 Å². The molecular weight excluding hydrogens is 277 g/mol. The maximum Gasteiger partial charge on any atom is 0.175 e. The lowest BCUT2D eigenvalue weighted by atomic mass is 10.1. The van der Waals surface area contributed by atoms with Gasteiger partial charge in [0, 0.05) is 24.1 Å². The summed E-state index contributed by atoms with van der Waals surface area (Å²) in [6.45, 7) is 2.26. The summed E-state index contributed by atoms with van der Waals surface area (Å²) < 4.78 is 36.2. The van der Waals surface area contributed by atoms with Crippen LogP contribution in [0.15, 0.2) is 47.4 Å². The highest BCUT2D eigenvalue weighted by Gasteiger charge is 2.06. The fourth-order valence-corrected chi connectivity index (χ4v) is 2.49. The number of aryl methyl sites for hydroxylation is 1. The van der Waals surface area contributed by atoms with E-state index in [1.807, 2.05) is 6.92 Å². The molecule has 2 aromatic rings. The maximum atomic E-state index is 13.6. The summed E-state index contributed by atoms with van der Waals surface area (Å²) in [5.74, 6) is -0.254. The molecule has 1 N–H and O–H groups in total. The van der Waals surface area contributed by atoms with E-state index in [1.54, 1.807) is 24.3 Å². The molecule has 0 bridgehead atoms. The predicted molar refractivity (Wildman–Crippen MR) is 78.0 cm³/mol. The summed E-state index contributed by atoms with van der Waals surface area (Å²) in [5, 5.41) is 3.07. The van der Waals surface area contributed by atoms with Gasteiger partial charge in [0.1, 0.15) is 5.82 Å². The zero-order valence-corrected chi connectivity index (χ0v) is 12.2. The maximum absolute atomic E-state index is 13.6. The van der Waals surface area contributed by atoms with Crippen LogP contribution in [0.1, 0.15) is 11.1 Å². The van der Waals surface area contributed by atoms with Crippen LogP contribution in [0.2, 0.25) is 0 Å². The first-order chi connectivity index (χ1) is 9.36. The molecular formula is C15H16FNO2S. The highest BCUT2D eigenvalue weighted by molar-refractivity contribution is 7.90. The molecule has 0 aromatic heterocycles. The quantitative estimate of drug-likeness (QED) is 0.942. The molecule has 0 aliphatic rings. The Morgan fingerprint density at radius 2 is 1.75 bits per heavy atom. The van der Waals surface area contributed by atoms with E-state index in [1.165, 1.54) is 18.2 Å². The van der Waals surface area contributed by atoms with Crippen molar-refractivity contribution < 1.29 is 12.8 Å². The molecule has 106 valence electrons. The Morgan fingerprint density at radius 3 is 2.35 bits per heavy atom. The number of anilines is 1. The largest absolute Gasteiger partial charge is 0.381 e. The monoisotopic (exact) mass is 293 g/mol. The Balaban J connectivity index is 2.10. The minimum absolute atomic E-state index is 0.254. The Bertz CT molecular complexity index is 709. The number of hydrogen-bond donors (Lipinski definition) is 1. The highest BCUT2D eigenvalue weighted by atomic mass is 32.2. The van der Waals surface area contributed by atoms with Crippen LogP contribution >= 0.6 is 0 Å². The van der Waals surface area contributed by atoms with E-state index in [-0.39, 0.29) is 10.7 Å². The number of hydrogen-bond acceptors (Lipinski definition) is 3. The predicted octanol–water partition coefficient (Wildman–Crippen LogP) is 3.15. The van der Waals surface area contributed by atoms with Crippen LogP contribution < -0.4 is 5.32 Å². The standard InChI is InChI=1S/C15H16FNO2S/c1-11-3-8-15(16)12(9-11)10-17-13-4-6-14(7-5-13)20(2,18)19/h3-9,17H,10H2,1-2H3. The SMILES string of the molecule is Cc1ccc(F)c(CNc2ccc(S(C)(=O)=O)cc2)c1. The van der Waals surface area contributed by atoms with Crippen molar-refractivity contribution in [1.29, 1.82) is 0 Å². The molecule has 2 rings (SSSR count). The van der Waals surface area contributed by atoms with Gasteiger partial charge in [-0.05, 0) is 37.3 Å². The smallest absolute Gasteiger partial charge is 0.175 e. The molecule has 2 aromatic carbocycles. The van der Waals surface area contributed by atoms with Gasteiger partial charge >= 0.3 is 0 Å². The van der Waals surface area contributed by atoms with Gasteiger partial charge in [0.2, 0.25) is 0 Å². The second kappa shape index (κ2) is 5.63. The van der Waals surface area contributed by atoms with Crippen LogP contribution in [-0.2, 0) is 16.4 Å². The summed E-state index contributed by atoms with van der Waals surface area (Å²) in [4.78, 5) is 0.268. The molecule has 0 fully saturated rings. The fourth-order valence-electron chi connectivity index (χ4n) is 1.86. The third-order valence-corrected chi connectivity index (χ3v) is 4.10. The van der Waals surface area contributed by atoms with Crippen molar-refractivity contribution in [2.75, 3.05) is 11.6 Å². The van der Waals surface area contributed by atoms with Gasteiger partial charge in [-0.2, -0.15) is 0 Å². The molecule has 0 amide bonds. The summed E-state index contributed by atoms with van der Waals surface area (Å²) in [7, 11) is -3.19. The number of nitrogens with one attached hydrogen (secondary N) is 1. The Morgan fingerprint density at radius 1 is 1.10 bits per heavy atom. The van der Waals surface area contributed by atoms with Gasteiger partial charge in [0.25, 0.3) is 0 Å². The van der Waals surface area contributed by atoms with Crippen molar-refractivity contribution in [2.45, 2.75) is 18.4 Å². The first-order valence-corrected chi connectivity index (χ1v) is 8.04. The molecule has 0 aliphatic carbocycles. The summed E-state index contributed by atoms with van der Waals surface area (Å²) >= 11 is 0. The second-order valence-electron chi connectivity index (χ2n) is 4.74. The summed E-state index contributed by atoms with van der Waals surface area (Å²) in [6.07, 6.45) is 1.16. The van der Waals surface area contributed by atoms with E-state index < -0.39 is 9.84 Å². The van der Waals surface area contributed by atoms with Crippen molar-refractivity contribution in [2.24, 2.45) is 0 Å². The second-order valence-corrected chi connectivity index (χ2v) is 6.76. The topological polar surface area (TPSA) is 46.2 Å². The zero-order chi connectivity index (χ0) is 14.8. The van der Waals surface area contributed by atoms with E-state index in [9.17, 15) is 12.8 Å². The molecule has 0 saturated carbocycles. The van der Waals surface area contributed by atoms with E-state index in [0.29, 0.717) is 12.1 Å². The van der Waals surface area contributed by atoms with E-state index in [2.05, 4.69) is 5.32 Å². The molecule has 3 nitrogen and oxygen atoms in total. The third kappa shape index (κ3) is 3.57. The summed E-state index contributed by atoms with van der Waals surface area (Å²) in [6, 6.07) is 11.4. The van der Waals surface area contributed by atoms with Gasteiger partial charge in [-0.15, -0.1) is 0 Å². The fraction of sp³-hybridized carbons (Fsp3) is 0.200. The molecule has 0 saturated heterocycles. The lowest BCUT2D eigenvalue weighted by Gasteiger charge is -2.09. The van der Waals surface area contributed by atoms with E-state index in [4.69, 9.17) is 0 Å². The molecule has 0 unspecified atom stereocenters. The molecule has 5 heteroatoms. The minimum atomic E-state index is -3.19. The zero-order valence-electron chi connectivity index (χ0n) is 11.4. The van der Waals surface area contributed by atoms with Crippen molar-refractivity contribution >= 4 is 15.5 Å². The first-order valence-electron chi connectivity index (χ1n) is 6.15. The van der Waals surface area contributed by atoms with Crippen LogP contribution in [0, 0.1) is 12.7 Å². The summed E-state index contributed by atoms with van der Waals surface area (Å²) in [5.41, 5.74) is 2.33. The van der Waals surface area contributed by atoms with Gasteiger partial charge in [0.15, 0.2) is 9.84 Å². The number of halogens is 1. The van der Waals surface area contributed by atoms with Crippen molar-refractivity contribution in [3.63, 3.8) is 0 Å². The molecule has 0 atom stereocenters. The molecule has 0 aliphatic heterocycles. The molecule has 20 heavy (non-hydrogen) atoms. The Hall–Kier alpha value is -1.88. The molecule has 0 spiro atoms. The minimum Gasteiger partial charge on any atom is -0.381 e. The Labute approximate surface area is 118 Å². The third-order valence-electron chi connectivity index (χ3n) is 2.97. The van der Waals surface area contributed by atoms with Gasteiger partial charge < -0.3 is 5.32 Å². The average Bonchev–Trinajstić information content (AvgIpc) is 2.39. The number of benzene rings is 2. The lowest BCUT2D eigenvalue weighted by molar-refractivity contribution is 0.602. The van der Waals surface area contributed by atoms with Gasteiger partial charge in [-0.3, -0.25) is 0 Å². The van der Waals surface area contributed by atoms with Crippen LogP contribution in [0.25, 0.3) is 0 Å². The molecule has 0 heterocycles. The highest BCUT2D eigenvalue weighted by Crippen LogP contribution is 2.16. The van der Waals surface area contributed by atoms with Gasteiger partial charge in [0.05, 0.1) is 4.90 Å². The van der Waals surface area contributed by atoms with Crippen molar-refractivity contribution in [3.8, 4) is 0 Å². The van der Waals surface area contributed by atoms with Gasteiger partial charge in [-0.25, -0.2) is 12.8 Å². The van der Waals surface area contributed by atoms with E-state index in [0.717, 1.165) is 17.5 Å². The average molecular weight is 293 g/mol. The van der Waals surface area contributed by atoms with Crippen LogP contribution in [0.4, 0.5) is 10.1 Å². The number of sulfone groups is 1. The van der Waals surface area contributed by atoms with Crippen LogP contribution in [-0.4, -0.2) is 14.7 Å². The normalized spacial score (nSPS) is 11.3. The first kappa shape index (κ1) is 14.5. The van der Waals surface area contributed by atoms with E-state index >= 15 is 0 Å². The molecule has 0 radical (unpaired) electrons. The van der Waals surface area contributed by atoms with Crippen LogP contribution in [0.3, 0.4) is 0 Å². The Kier molecular flexibility index (Phi) is 4.09. The lowest BCUT2D eigenvalue weighted by Crippen LogP contribution is -2.03.